The van der Waals surface area contributed by atoms with E-state index in [9.17, 15) is 9.59 Å². The fraction of sp³-hybridized carbons (Fsp3) is 0.533. The summed E-state index contributed by atoms with van der Waals surface area (Å²) < 4.78 is 0. The molecule has 1 aliphatic carbocycles. The second-order valence-electron chi connectivity index (χ2n) is 5.89. The number of aromatic nitrogens is 2. The van der Waals surface area contributed by atoms with E-state index in [4.69, 9.17) is 0 Å². The predicted molar refractivity (Wildman–Crippen MR) is 81.7 cm³/mol. The lowest BCUT2D eigenvalue weighted by molar-refractivity contribution is -0.127. The van der Waals surface area contributed by atoms with Crippen LogP contribution < -0.4 is 5.56 Å². The van der Waals surface area contributed by atoms with Gasteiger partial charge in [0.15, 0.2) is 0 Å². The SMILES string of the molecule is O=C1CCCN1CCc1nc2scc(C3CC3)c2c(=O)[nH]1. The van der Waals surface area contributed by atoms with Crippen LogP contribution in [0.15, 0.2) is 10.2 Å². The molecule has 2 aromatic rings. The van der Waals surface area contributed by atoms with Gasteiger partial charge in [0, 0.05) is 25.9 Å². The van der Waals surface area contributed by atoms with Gasteiger partial charge in [-0.05, 0) is 36.1 Å². The molecule has 21 heavy (non-hydrogen) atoms. The first-order chi connectivity index (χ1) is 10.2. The van der Waals surface area contributed by atoms with Crippen molar-refractivity contribution < 1.29 is 4.79 Å². The summed E-state index contributed by atoms with van der Waals surface area (Å²) in [5.41, 5.74) is 1.15. The molecule has 0 spiro atoms. The molecule has 0 bridgehead atoms. The molecular formula is C15H17N3O2S. The van der Waals surface area contributed by atoms with Crippen molar-refractivity contribution in [2.45, 2.75) is 38.0 Å². The van der Waals surface area contributed by atoms with Crippen LogP contribution in [0.25, 0.3) is 10.2 Å². The van der Waals surface area contributed by atoms with Gasteiger partial charge in [-0.3, -0.25) is 9.59 Å². The smallest absolute Gasteiger partial charge is 0.259 e. The summed E-state index contributed by atoms with van der Waals surface area (Å²) in [6.45, 7) is 1.48. The number of carbonyl (C=O) groups is 1. The van der Waals surface area contributed by atoms with Crippen molar-refractivity contribution in [3.8, 4) is 0 Å². The molecule has 2 aromatic heterocycles. The topological polar surface area (TPSA) is 66.1 Å². The Kier molecular flexibility index (Phi) is 3.06. The van der Waals surface area contributed by atoms with E-state index in [0.717, 1.165) is 23.2 Å². The lowest BCUT2D eigenvalue weighted by atomic mass is 10.1. The quantitative estimate of drug-likeness (QED) is 0.940. The third-order valence-corrected chi connectivity index (χ3v) is 5.22. The molecular weight excluding hydrogens is 286 g/mol. The highest BCUT2D eigenvalue weighted by Gasteiger charge is 2.28. The van der Waals surface area contributed by atoms with Gasteiger partial charge in [0.25, 0.3) is 5.56 Å². The molecule has 2 fully saturated rings. The number of nitrogens with one attached hydrogen (secondary N) is 1. The molecule has 1 amide bonds. The maximum absolute atomic E-state index is 12.3. The Labute approximate surface area is 126 Å². The van der Waals surface area contributed by atoms with Gasteiger partial charge in [-0.25, -0.2) is 4.98 Å². The van der Waals surface area contributed by atoms with Gasteiger partial charge in [-0.1, -0.05) is 0 Å². The van der Waals surface area contributed by atoms with Crippen molar-refractivity contribution in [2.24, 2.45) is 0 Å². The van der Waals surface area contributed by atoms with Crippen LogP contribution in [0.5, 0.6) is 0 Å². The van der Waals surface area contributed by atoms with Crippen molar-refractivity contribution in [1.82, 2.24) is 14.9 Å². The van der Waals surface area contributed by atoms with Crippen LogP contribution in [-0.4, -0.2) is 33.9 Å². The van der Waals surface area contributed by atoms with Crippen LogP contribution in [0.4, 0.5) is 0 Å². The first kappa shape index (κ1) is 13.0. The fourth-order valence-corrected chi connectivity index (χ4v) is 4.05. The number of aromatic amines is 1. The maximum atomic E-state index is 12.3. The van der Waals surface area contributed by atoms with Crippen molar-refractivity contribution in [3.63, 3.8) is 0 Å². The van der Waals surface area contributed by atoms with Gasteiger partial charge in [-0.2, -0.15) is 0 Å². The van der Waals surface area contributed by atoms with Gasteiger partial charge >= 0.3 is 0 Å². The average molecular weight is 303 g/mol. The summed E-state index contributed by atoms with van der Waals surface area (Å²) in [4.78, 5) is 34.1. The van der Waals surface area contributed by atoms with E-state index in [-0.39, 0.29) is 11.5 Å². The Hall–Kier alpha value is -1.69. The van der Waals surface area contributed by atoms with Gasteiger partial charge in [0.1, 0.15) is 10.7 Å². The van der Waals surface area contributed by atoms with Gasteiger partial charge in [0.05, 0.1) is 5.39 Å². The van der Waals surface area contributed by atoms with Gasteiger partial charge in [-0.15, -0.1) is 11.3 Å². The normalized spacial score (nSPS) is 18.9. The van der Waals surface area contributed by atoms with Crippen molar-refractivity contribution in [3.05, 3.63) is 27.1 Å². The fourth-order valence-electron chi connectivity index (χ4n) is 3.01. The lowest BCUT2D eigenvalue weighted by Crippen LogP contribution is -2.28. The predicted octanol–water partition coefficient (Wildman–Crippen LogP) is 2.03. The third-order valence-electron chi connectivity index (χ3n) is 4.33. The minimum Gasteiger partial charge on any atom is -0.342 e. The lowest BCUT2D eigenvalue weighted by Gasteiger charge is -2.14. The van der Waals surface area contributed by atoms with Crippen LogP contribution >= 0.6 is 11.3 Å². The zero-order chi connectivity index (χ0) is 14.4. The van der Waals surface area contributed by atoms with Crippen LogP contribution in [0.3, 0.4) is 0 Å². The number of amides is 1. The van der Waals surface area contributed by atoms with E-state index in [0.29, 0.717) is 31.1 Å². The van der Waals surface area contributed by atoms with Crippen LogP contribution in [0, 0.1) is 0 Å². The molecule has 110 valence electrons. The van der Waals surface area contributed by atoms with Crippen molar-refractivity contribution in [2.75, 3.05) is 13.1 Å². The van der Waals surface area contributed by atoms with E-state index in [1.54, 1.807) is 11.3 Å². The monoisotopic (exact) mass is 303 g/mol. The van der Waals surface area contributed by atoms with Crippen LogP contribution in [0.1, 0.15) is 43.0 Å². The number of carbonyl (C=O) groups excluding carboxylic acids is 1. The number of fused-ring (bicyclic) bond motifs is 1. The Bertz CT molecular complexity index is 760. The largest absolute Gasteiger partial charge is 0.342 e. The number of rotatable bonds is 4. The van der Waals surface area contributed by atoms with Crippen LogP contribution in [-0.2, 0) is 11.2 Å². The zero-order valence-electron chi connectivity index (χ0n) is 11.7. The second-order valence-corrected chi connectivity index (χ2v) is 6.75. The minimum atomic E-state index is -0.0223. The highest BCUT2D eigenvalue weighted by molar-refractivity contribution is 7.16. The summed E-state index contributed by atoms with van der Waals surface area (Å²) in [5.74, 6) is 1.47. The summed E-state index contributed by atoms with van der Waals surface area (Å²) in [6, 6.07) is 0. The number of nitrogens with zero attached hydrogens (tertiary/aromatic N) is 2. The Morgan fingerprint density at radius 2 is 2.24 bits per heavy atom. The van der Waals surface area contributed by atoms with E-state index < -0.39 is 0 Å². The average Bonchev–Trinajstić information content (AvgIpc) is 3.09. The van der Waals surface area contributed by atoms with E-state index in [1.165, 1.54) is 18.4 Å². The standard InChI is InChI=1S/C15H17N3O2S/c19-12-2-1-6-18(12)7-5-11-16-14(20)13-10(9-3-4-9)8-21-15(13)17-11/h8-9H,1-7H2,(H,16,17,20). The summed E-state index contributed by atoms with van der Waals surface area (Å²) in [7, 11) is 0. The summed E-state index contributed by atoms with van der Waals surface area (Å²) in [5, 5.41) is 2.86. The number of likely N-dealkylation sites (tertiary alicyclic amines) is 1. The molecule has 0 aromatic carbocycles. The van der Waals surface area contributed by atoms with Gasteiger partial charge in [0.2, 0.25) is 5.91 Å². The molecule has 1 saturated heterocycles. The Morgan fingerprint density at radius 1 is 1.38 bits per heavy atom. The molecule has 4 rings (SSSR count). The Balaban J connectivity index is 1.58. The van der Waals surface area contributed by atoms with Crippen molar-refractivity contribution in [1.29, 1.82) is 0 Å². The van der Waals surface area contributed by atoms with E-state index in [1.807, 2.05) is 4.90 Å². The van der Waals surface area contributed by atoms with Gasteiger partial charge < -0.3 is 9.88 Å². The maximum Gasteiger partial charge on any atom is 0.259 e. The summed E-state index contributed by atoms with van der Waals surface area (Å²) in [6.07, 6.45) is 4.58. The van der Waals surface area contributed by atoms with E-state index >= 15 is 0 Å². The molecule has 5 nitrogen and oxygen atoms in total. The molecule has 3 heterocycles. The molecule has 0 radical (unpaired) electrons. The molecule has 0 unspecified atom stereocenters. The molecule has 2 aliphatic rings. The van der Waals surface area contributed by atoms with Crippen LogP contribution in [0.2, 0.25) is 0 Å². The van der Waals surface area contributed by atoms with E-state index in [2.05, 4.69) is 15.3 Å². The highest BCUT2D eigenvalue weighted by Crippen LogP contribution is 2.43. The molecule has 0 atom stereocenters. The molecule has 1 N–H and O–H groups in total. The summed E-state index contributed by atoms with van der Waals surface area (Å²) >= 11 is 1.56. The minimum absolute atomic E-state index is 0.0223. The number of hydrogen-bond donors (Lipinski definition) is 1. The Morgan fingerprint density at radius 3 is 2.95 bits per heavy atom. The number of hydrogen-bond acceptors (Lipinski definition) is 4. The second kappa shape index (κ2) is 4.94. The third kappa shape index (κ3) is 2.37. The first-order valence-corrected chi connectivity index (χ1v) is 8.38. The van der Waals surface area contributed by atoms with Crippen molar-refractivity contribution >= 4 is 27.5 Å². The molecule has 1 aliphatic heterocycles. The number of H-pyrrole nitrogens is 1. The highest BCUT2D eigenvalue weighted by atomic mass is 32.1. The molecule has 6 heteroatoms. The zero-order valence-corrected chi connectivity index (χ0v) is 12.5. The molecule has 1 saturated carbocycles. The number of thiophene rings is 1. The first-order valence-electron chi connectivity index (χ1n) is 7.50.